The zero-order valence-electron chi connectivity index (χ0n) is 7.28. The Labute approximate surface area is 75.1 Å². The van der Waals surface area contributed by atoms with Gasteiger partial charge in [-0.15, -0.1) is 0 Å². The van der Waals surface area contributed by atoms with Gasteiger partial charge in [0.25, 0.3) is 0 Å². The number of nitrogens with zero attached hydrogens (tertiary/aromatic N) is 1. The van der Waals surface area contributed by atoms with Crippen molar-refractivity contribution in [3.8, 4) is 0 Å². The second-order valence-electron chi connectivity index (χ2n) is 2.69. The topological polar surface area (TPSA) is 46.5 Å². The quantitative estimate of drug-likeness (QED) is 0.707. The van der Waals surface area contributed by atoms with Gasteiger partial charge in [0.05, 0.1) is 12.1 Å². The number of fused-ring (bicyclic) bond motifs is 1. The highest BCUT2D eigenvalue weighted by Gasteiger charge is 2.09. The number of aromatic amines is 1. The van der Waals surface area contributed by atoms with Gasteiger partial charge in [-0.1, -0.05) is 0 Å². The predicted octanol–water partition coefficient (Wildman–Crippen LogP) is 1.44. The molecule has 68 valence electrons. The first-order chi connectivity index (χ1) is 6.31. The standard InChI is InChI=1S/C9H10N2O2/c1-2-13-9(12)8-6-7-4-3-5-11(7)10-8/h3-6,10H,2H2,1H3. The SMILES string of the molecule is CCOC(=O)c1cc2cccn2[nH]1. The van der Waals surface area contributed by atoms with Crippen LogP contribution in [-0.4, -0.2) is 22.2 Å². The van der Waals surface area contributed by atoms with E-state index < -0.39 is 0 Å². The van der Waals surface area contributed by atoms with Gasteiger partial charge < -0.3 is 4.74 Å². The summed E-state index contributed by atoms with van der Waals surface area (Å²) in [6.45, 7) is 2.18. The van der Waals surface area contributed by atoms with Crippen LogP contribution in [0.2, 0.25) is 0 Å². The number of nitrogens with one attached hydrogen (secondary N) is 1. The number of carbonyl (C=O) groups excluding carboxylic acids is 1. The van der Waals surface area contributed by atoms with Crippen molar-refractivity contribution in [2.75, 3.05) is 6.61 Å². The van der Waals surface area contributed by atoms with E-state index in [1.165, 1.54) is 0 Å². The summed E-state index contributed by atoms with van der Waals surface area (Å²) < 4.78 is 6.61. The van der Waals surface area contributed by atoms with Crippen LogP contribution in [0.25, 0.3) is 5.52 Å². The lowest BCUT2D eigenvalue weighted by molar-refractivity contribution is 0.0519. The molecular weight excluding hydrogens is 168 g/mol. The Morgan fingerprint density at radius 3 is 3.23 bits per heavy atom. The van der Waals surface area contributed by atoms with E-state index >= 15 is 0 Å². The number of hydrogen-bond donors (Lipinski definition) is 1. The molecule has 0 aliphatic carbocycles. The minimum absolute atomic E-state index is 0.314. The Balaban J connectivity index is 2.34. The molecule has 4 nitrogen and oxygen atoms in total. The smallest absolute Gasteiger partial charge is 0.356 e. The van der Waals surface area contributed by atoms with Crippen molar-refractivity contribution in [2.24, 2.45) is 0 Å². The number of esters is 1. The van der Waals surface area contributed by atoms with Gasteiger partial charge >= 0.3 is 5.97 Å². The predicted molar refractivity (Wildman–Crippen MR) is 47.7 cm³/mol. The lowest BCUT2D eigenvalue weighted by Gasteiger charge is -1.96. The summed E-state index contributed by atoms with van der Waals surface area (Å²) in [5, 5.41) is 2.90. The molecule has 2 aromatic heterocycles. The van der Waals surface area contributed by atoms with Crippen LogP contribution in [0, 0.1) is 0 Å². The minimum atomic E-state index is -0.314. The van der Waals surface area contributed by atoms with Crippen LogP contribution in [0.5, 0.6) is 0 Å². The van der Waals surface area contributed by atoms with Crippen molar-refractivity contribution in [3.63, 3.8) is 0 Å². The molecule has 13 heavy (non-hydrogen) atoms. The summed E-state index contributed by atoms with van der Waals surface area (Å²) in [5.74, 6) is -0.314. The molecule has 0 saturated heterocycles. The van der Waals surface area contributed by atoms with E-state index in [4.69, 9.17) is 4.74 Å². The van der Waals surface area contributed by atoms with Gasteiger partial charge in [-0.25, -0.2) is 4.79 Å². The number of rotatable bonds is 2. The van der Waals surface area contributed by atoms with Gasteiger partial charge in [-0.2, -0.15) is 0 Å². The number of aromatic nitrogens is 2. The van der Waals surface area contributed by atoms with E-state index in [0.29, 0.717) is 12.3 Å². The van der Waals surface area contributed by atoms with Crippen LogP contribution < -0.4 is 0 Å². The lowest BCUT2D eigenvalue weighted by atomic mass is 10.4. The summed E-state index contributed by atoms with van der Waals surface area (Å²) in [5.41, 5.74) is 1.44. The maximum atomic E-state index is 11.2. The fourth-order valence-corrected chi connectivity index (χ4v) is 1.24. The molecule has 0 atom stereocenters. The van der Waals surface area contributed by atoms with Gasteiger partial charge in [-0.3, -0.25) is 9.61 Å². The van der Waals surface area contributed by atoms with Gasteiger partial charge in [0.1, 0.15) is 5.69 Å². The van der Waals surface area contributed by atoms with E-state index in [0.717, 1.165) is 5.52 Å². The van der Waals surface area contributed by atoms with Crippen molar-refractivity contribution in [2.45, 2.75) is 6.92 Å². The average molecular weight is 178 g/mol. The number of hydrogen-bond acceptors (Lipinski definition) is 2. The fraction of sp³-hybridized carbons (Fsp3) is 0.222. The third-order valence-corrected chi connectivity index (χ3v) is 1.81. The van der Waals surface area contributed by atoms with E-state index in [9.17, 15) is 4.79 Å². The molecule has 0 spiro atoms. The van der Waals surface area contributed by atoms with Gasteiger partial charge in [0.2, 0.25) is 0 Å². The average Bonchev–Trinajstić information content (AvgIpc) is 2.61. The highest BCUT2D eigenvalue weighted by Crippen LogP contribution is 2.07. The van der Waals surface area contributed by atoms with Crippen LogP contribution in [0.15, 0.2) is 24.4 Å². The van der Waals surface area contributed by atoms with Crippen molar-refractivity contribution in [3.05, 3.63) is 30.1 Å². The van der Waals surface area contributed by atoms with E-state index in [-0.39, 0.29) is 5.97 Å². The zero-order chi connectivity index (χ0) is 9.26. The number of carbonyl (C=O) groups is 1. The van der Waals surface area contributed by atoms with Crippen LogP contribution in [0.3, 0.4) is 0 Å². The second-order valence-corrected chi connectivity index (χ2v) is 2.69. The fourth-order valence-electron chi connectivity index (χ4n) is 1.24. The molecule has 0 aromatic carbocycles. The van der Waals surface area contributed by atoms with Crippen molar-refractivity contribution in [1.29, 1.82) is 0 Å². The lowest BCUT2D eigenvalue weighted by Crippen LogP contribution is -2.05. The minimum Gasteiger partial charge on any atom is -0.461 e. The molecule has 2 rings (SSSR count). The molecule has 4 heteroatoms. The third-order valence-electron chi connectivity index (χ3n) is 1.81. The van der Waals surface area contributed by atoms with Crippen LogP contribution in [0.1, 0.15) is 17.4 Å². The Hall–Kier alpha value is -1.71. The Morgan fingerprint density at radius 1 is 1.69 bits per heavy atom. The van der Waals surface area contributed by atoms with E-state index in [2.05, 4.69) is 5.10 Å². The van der Waals surface area contributed by atoms with Crippen molar-refractivity contribution < 1.29 is 9.53 Å². The monoisotopic (exact) mass is 178 g/mol. The van der Waals surface area contributed by atoms with Crippen LogP contribution >= 0.6 is 0 Å². The molecule has 0 bridgehead atoms. The van der Waals surface area contributed by atoms with Crippen molar-refractivity contribution in [1.82, 2.24) is 9.61 Å². The Morgan fingerprint density at radius 2 is 2.54 bits per heavy atom. The normalized spacial score (nSPS) is 10.5. The molecule has 0 radical (unpaired) electrons. The molecule has 0 unspecified atom stereocenters. The van der Waals surface area contributed by atoms with Gasteiger partial charge in [0.15, 0.2) is 0 Å². The summed E-state index contributed by atoms with van der Waals surface area (Å²) in [6, 6.07) is 5.58. The molecule has 0 aliphatic heterocycles. The molecule has 1 N–H and O–H groups in total. The first kappa shape index (κ1) is 7.91. The maximum absolute atomic E-state index is 11.2. The van der Waals surface area contributed by atoms with Crippen molar-refractivity contribution >= 4 is 11.5 Å². The van der Waals surface area contributed by atoms with Gasteiger partial charge in [-0.05, 0) is 25.1 Å². The van der Waals surface area contributed by atoms with E-state index in [1.54, 1.807) is 17.5 Å². The maximum Gasteiger partial charge on any atom is 0.356 e. The summed E-state index contributed by atoms with van der Waals surface area (Å²) in [7, 11) is 0. The summed E-state index contributed by atoms with van der Waals surface area (Å²) in [4.78, 5) is 11.2. The molecule has 0 fully saturated rings. The summed E-state index contributed by atoms with van der Waals surface area (Å²) in [6.07, 6.45) is 1.85. The number of H-pyrrole nitrogens is 1. The number of ether oxygens (including phenoxy) is 1. The highest BCUT2D eigenvalue weighted by atomic mass is 16.5. The molecule has 2 aromatic rings. The molecular formula is C9H10N2O2. The molecule has 0 amide bonds. The Kier molecular flexibility index (Phi) is 1.81. The van der Waals surface area contributed by atoms with Crippen LogP contribution in [-0.2, 0) is 4.74 Å². The second kappa shape index (κ2) is 2.97. The molecule has 2 heterocycles. The highest BCUT2D eigenvalue weighted by molar-refractivity contribution is 5.88. The van der Waals surface area contributed by atoms with Crippen LogP contribution in [0.4, 0.5) is 0 Å². The largest absolute Gasteiger partial charge is 0.461 e. The molecule has 0 saturated carbocycles. The first-order valence-electron chi connectivity index (χ1n) is 4.14. The molecule has 0 aliphatic rings. The van der Waals surface area contributed by atoms with E-state index in [1.807, 2.05) is 18.3 Å². The third kappa shape index (κ3) is 1.30. The van der Waals surface area contributed by atoms with Gasteiger partial charge in [0, 0.05) is 6.20 Å². The zero-order valence-corrected chi connectivity index (χ0v) is 7.28. The summed E-state index contributed by atoms with van der Waals surface area (Å²) >= 11 is 0. The first-order valence-corrected chi connectivity index (χ1v) is 4.14. The Bertz CT molecular complexity index is 399.